The number of ether oxygens (including phenoxy) is 2. The molecule has 0 unspecified atom stereocenters. The van der Waals surface area contributed by atoms with Crippen LogP contribution in [0.4, 0.5) is 4.79 Å². The smallest absolute Gasteiger partial charge is 0.288 e. The Morgan fingerprint density at radius 3 is 2.71 bits per heavy atom. The summed E-state index contributed by atoms with van der Waals surface area (Å²) in [6.07, 6.45) is 0. The lowest BCUT2D eigenvalue weighted by Crippen LogP contribution is -2.45. The van der Waals surface area contributed by atoms with Gasteiger partial charge in [0.25, 0.3) is 5.24 Å². The van der Waals surface area contributed by atoms with Crippen LogP contribution in [0.5, 0.6) is 11.5 Å². The highest BCUT2D eigenvalue weighted by Gasteiger charge is 2.29. The van der Waals surface area contributed by atoms with Gasteiger partial charge in [-0.3, -0.25) is 24.2 Å². The van der Waals surface area contributed by atoms with Crippen molar-refractivity contribution < 1.29 is 23.9 Å². The van der Waals surface area contributed by atoms with E-state index in [1.807, 2.05) is 44.0 Å². The van der Waals surface area contributed by atoms with Gasteiger partial charge in [-0.25, -0.2) is 0 Å². The lowest BCUT2D eigenvalue weighted by molar-refractivity contribution is -0.127. The standard InChI is InChI=1S/C19H27N3O5S/c1-5-27-15-7-6-14(10-16(15)26-4)11-21(3)13(2)18(24)20-8-9-22-17(23)12-28-19(22)25/h6-7,10,13H,5,8-9,11-12H2,1-4H3,(H,20,24)/t13-/m0/s1. The van der Waals surface area contributed by atoms with Crippen LogP contribution in [0.3, 0.4) is 0 Å². The van der Waals surface area contributed by atoms with Crippen molar-refractivity contribution in [3.63, 3.8) is 0 Å². The van der Waals surface area contributed by atoms with Gasteiger partial charge in [0.15, 0.2) is 11.5 Å². The molecule has 28 heavy (non-hydrogen) atoms. The number of carbonyl (C=O) groups is 3. The number of likely N-dealkylation sites (N-methyl/N-ethyl adjacent to an activating group) is 1. The zero-order valence-electron chi connectivity index (χ0n) is 16.7. The Morgan fingerprint density at radius 2 is 2.11 bits per heavy atom. The van der Waals surface area contributed by atoms with E-state index in [9.17, 15) is 14.4 Å². The van der Waals surface area contributed by atoms with Gasteiger partial charge in [0.2, 0.25) is 11.8 Å². The molecule has 1 aromatic carbocycles. The number of carbonyl (C=O) groups excluding carboxylic acids is 3. The van der Waals surface area contributed by atoms with Crippen molar-refractivity contribution in [2.45, 2.75) is 26.4 Å². The van der Waals surface area contributed by atoms with E-state index in [1.54, 1.807) is 7.11 Å². The Labute approximate surface area is 169 Å². The summed E-state index contributed by atoms with van der Waals surface area (Å²) < 4.78 is 10.9. The zero-order chi connectivity index (χ0) is 20.7. The van der Waals surface area contributed by atoms with Gasteiger partial charge < -0.3 is 14.8 Å². The van der Waals surface area contributed by atoms with Crippen molar-refractivity contribution in [1.82, 2.24) is 15.1 Å². The number of imide groups is 1. The first-order chi connectivity index (χ1) is 13.4. The topological polar surface area (TPSA) is 88.2 Å². The normalized spacial score (nSPS) is 15.1. The molecule has 1 N–H and O–H groups in total. The Hall–Kier alpha value is -2.26. The average Bonchev–Trinajstić information content (AvgIpc) is 3.00. The van der Waals surface area contributed by atoms with Crippen LogP contribution in [-0.4, -0.2) is 72.5 Å². The van der Waals surface area contributed by atoms with Gasteiger partial charge >= 0.3 is 0 Å². The van der Waals surface area contributed by atoms with Gasteiger partial charge in [0, 0.05) is 19.6 Å². The molecule has 1 fully saturated rings. The van der Waals surface area contributed by atoms with Crippen LogP contribution >= 0.6 is 11.8 Å². The van der Waals surface area contributed by atoms with Crippen LogP contribution in [0, 0.1) is 0 Å². The first kappa shape index (κ1) is 22.0. The SMILES string of the molecule is CCOc1ccc(CN(C)[C@@H](C)C(=O)NCCN2C(=O)CSC2=O)cc1OC. The van der Waals surface area contributed by atoms with Gasteiger partial charge in [-0.2, -0.15) is 0 Å². The summed E-state index contributed by atoms with van der Waals surface area (Å²) in [7, 11) is 3.45. The summed E-state index contributed by atoms with van der Waals surface area (Å²) in [4.78, 5) is 38.6. The lowest BCUT2D eigenvalue weighted by atomic mass is 10.1. The van der Waals surface area contributed by atoms with Crippen LogP contribution in [-0.2, 0) is 16.1 Å². The summed E-state index contributed by atoms with van der Waals surface area (Å²) in [6.45, 7) is 5.27. The maximum atomic E-state index is 12.4. The predicted octanol–water partition coefficient (Wildman–Crippen LogP) is 1.73. The Morgan fingerprint density at radius 1 is 1.36 bits per heavy atom. The van der Waals surface area contributed by atoms with Crippen molar-refractivity contribution in [1.29, 1.82) is 0 Å². The van der Waals surface area contributed by atoms with Crippen LogP contribution in [0.2, 0.25) is 0 Å². The molecule has 1 saturated heterocycles. The Bertz CT molecular complexity index is 712. The fourth-order valence-corrected chi connectivity index (χ4v) is 3.50. The van der Waals surface area contributed by atoms with Crippen LogP contribution < -0.4 is 14.8 Å². The molecule has 0 bridgehead atoms. The van der Waals surface area contributed by atoms with Gasteiger partial charge in [-0.1, -0.05) is 17.8 Å². The minimum Gasteiger partial charge on any atom is -0.493 e. The van der Waals surface area contributed by atoms with Crippen LogP contribution in [0.1, 0.15) is 19.4 Å². The third-order valence-electron chi connectivity index (χ3n) is 4.48. The maximum absolute atomic E-state index is 12.4. The highest BCUT2D eigenvalue weighted by molar-refractivity contribution is 8.14. The molecule has 1 aliphatic heterocycles. The van der Waals surface area contributed by atoms with Crippen LogP contribution in [0.25, 0.3) is 0 Å². The largest absolute Gasteiger partial charge is 0.493 e. The number of nitrogens with zero attached hydrogens (tertiary/aromatic N) is 2. The quantitative estimate of drug-likeness (QED) is 0.629. The summed E-state index contributed by atoms with van der Waals surface area (Å²) >= 11 is 0.989. The second-order valence-electron chi connectivity index (χ2n) is 6.40. The van der Waals surface area contributed by atoms with Crippen molar-refractivity contribution in [3.05, 3.63) is 23.8 Å². The van der Waals surface area contributed by atoms with Crippen LogP contribution in [0.15, 0.2) is 18.2 Å². The zero-order valence-corrected chi connectivity index (χ0v) is 17.5. The fraction of sp³-hybridized carbons (Fsp3) is 0.526. The molecule has 0 spiro atoms. The third-order valence-corrected chi connectivity index (χ3v) is 5.33. The molecule has 0 saturated carbocycles. The minimum absolute atomic E-state index is 0.160. The molecule has 1 atom stereocenters. The molecule has 3 amide bonds. The molecule has 8 nitrogen and oxygen atoms in total. The summed E-state index contributed by atoms with van der Waals surface area (Å²) in [5.41, 5.74) is 0.993. The maximum Gasteiger partial charge on any atom is 0.288 e. The third kappa shape index (κ3) is 5.62. The molecule has 154 valence electrons. The molecule has 0 radical (unpaired) electrons. The molecule has 2 rings (SSSR count). The first-order valence-corrected chi connectivity index (χ1v) is 10.1. The molecule has 1 aliphatic rings. The number of hydrogen-bond donors (Lipinski definition) is 1. The number of thioether (sulfide) groups is 1. The number of methoxy groups -OCH3 is 1. The number of nitrogens with one attached hydrogen (secondary N) is 1. The Balaban J connectivity index is 1.85. The van der Waals surface area contributed by atoms with Gasteiger partial charge in [0.1, 0.15) is 0 Å². The summed E-state index contributed by atoms with van der Waals surface area (Å²) in [6, 6.07) is 5.32. The van der Waals surface area contributed by atoms with Gasteiger partial charge in [0.05, 0.1) is 25.5 Å². The van der Waals surface area contributed by atoms with E-state index in [-0.39, 0.29) is 41.9 Å². The van der Waals surface area contributed by atoms with E-state index < -0.39 is 0 Å². The second-order valence-corrected chi connectivity index (χ2v) is 7.33. The second kappa shape index (κ2) is 10.3. The highest BCUT2D eigenvalue weighted by Crippen LogP contribution is 2.28. The van der Waals surface area contributed by atoms with E-state index in [2.05, 4.69) is 5.32 Å². The number of amides is 3. The Kier molecular flexibility index (Phi) is 8.13. The average molecular weight is 410 g/mol. The highest BCUT2D eigenvalue weighted by atomic mass is 32.2. The first-order valence-electron chi connectivity index (χ1n) is 9.12. The van der Waals surface area contributed by atoms with Gasteiger partial charge in [-0.15, -0.1) is 0 Å². The molecule has 0 aromatic heterocycles. The molecule has 1 aromatic rings. The summed E-state index contributed by atoms with van der Waals surface area (Å²) in [5, 5.41) is 2.53. The number of benzene rings is 1. The number of rotatable bonds is 10. The van der Waals surface area contributed by atoms with Gasteiger partial charge in [-0.05, 0) is 38.6 Å². The van der Waals surface area contributed by atoms with E-state index in [4.69, 9.17) is 9.47 Å². The van der Waals surface area contributed by atoms with Crippen molar-refractivity contribution in [2.75, 3.05) is 39.6 Å². The van der Waals surface area contributed by atoms with Crippen molar-refractivity contribution in [2.24, 2.45) is 0 Å². The van der Waals surface area contributed by atoms with E-state index >= 15 is 0 Å². The van der Waals surface area contributed by atoms with Crippen molar-refractivity contribution in [3.8, 4) is 11.5 Å². The molecular formula is C19H27N3O5S. The molecule has 1 heterocycles. The number of hydrogen-bond acceptors (Lipinski definition) is 7. The minimum atomic E-state index is -0.378. The van der Waals surface area contributed by atoms with E-state index in [0.717, 1.165) is 17.3 Å². The molecular weight excluding hydrogens is 382 g/mol. The predicted molar refractivity (Wildman–Crippen MR) is 108 cm³/mol. The van der Waals surface area contributed by atoms with Crippen molar-refractivity contribution >= 4 is 28.8 Å². The lowest BCUT2D eigenvalue weighted by Gasteiger charge is -2.24. The molecule has 9 heteroatoms. The monoisotopic (exact) mass is 409 g/mol. The summed E-state index contributed by atoms with van der Waals surface area (Å²) in [5.74, 6) is 1.15. The van der Waals surface area contributed by atoms with E-state index in [0.29, 0.717) is 24.7 Å². The fourth-order valence-electron chi connectivity index (χ4n) is 2.75. The van der Waals surface area contributed by atoms with E-state index in [1.165, 1.54) is 4.90 Å². The molecule has 0 aliphatic carbocycles.